The van der Waals surface area contributed by atoms with E-state index in [0.29, 0.717) is 0 Å². The molecule has 0 spiro atoms. The van der Waals surface area contributed by atoms with E-state index in [4.69, 9.17) is 4.80 Å². The minimum atomic E-state index is -1.56. The molecule has 4 heteroatoms. The summed E-state index contributed by atoms with van der Waals surface area (Å²) in [5.74, 6) is 1.03. The van der Waals surface area contributed by atoms with Crippen molar-refractivity contribution in [1.82, 2.24) is 0 Å². The monoisotopic (exact) mass is 282 g/mol. The van der Waals surface area contributed by atoms with Crippen molar-refractivity contribution >= 4 is 24.0 Å². The fraction of sp³-hybridized carbons (Fsp3) is 0.571. The van der Waals surface area contributed by atoms with Crippen LogP contribution in [0.1, 0.15) is 32.6 Å². The molecule has 0 amide bonds. The van der Waals surface area contributed by atoms with Crippen LogP contribution in [-0.4, -0.2) is 28.4 Å². The van der Waals surface area contributed by atoms with Crippen molar-refractivity contribution in [2.75, 3.05) is 0 Å². The summed E-state index contributed by atoms with van der Waals surface area (Å²) in [5, 5.41) is 1.16. The third-order valence-electron chi connectivity index (χ3n) is 3.21. The Morgan fingerprint density at radius 1 is 1.28 bits per heavy atom. The molecule has 1 aromatic carbocycles. The zero-order valence-corrected chi connectivity index (χ0v) is 14.0. The molecule has 0 radical (unpaired) electrons. The maximum Gasteiger partial charge on any atom is 0.204 e. The molecule has 0 aromatic heterocycles. The van der Waals surface area contributed by atoms with E-state index in [0.717, 1.165) is 29.6 Å². The Balaban J connectivity index is 0.000000199. The predicted molar refractivity (Wildman–Crippen MR) is 83.5 cm³/mol. The fourth-order valence-electron chi connectivity index (χ4n) is 1.90. The van der Waals surface area contributed by atoms with Crippen LogP contribution in [0.15, 0.2) is 30.3 Å². The minimum absolute atomic E-state index is 0.589. The number of hydrogen-bond acceptors (Lipinski definition) is 2. The van der Waals surface area contributed by atoms with Crippen LogP contribution in [0.2, 0.25) is 12.1 Å². The van der Waals surface area contributed by atoms with Crippen LogP contribution in [-0.2, 0) is 0 Å². The molecule has 0 bridgehead atoms. The molecule has 1 unspecified atom stereocenters. The number of rotatable bonds is 6. The number of benzene rings is 1. The summed E-state index contributed by atoms with van der Waals surface area (Å²) in [5.41, 5.74) is 0. The lowest BCUT2D eigenvalue weighted by molar-refractivity contribution is 0.581. The third-order valence-corrected chi connectivity index (χ3v) is 6.22. The lowest BCUT2D eigenvalue weighted by Gasteiger charge is -2.05. The van der Waals surface area contributed by atoms with Gasteiger partial charge < -0.3 is 9.59 Å². The standard InChI is InChI=1S/C9H14OSi.C5H12OSi/c1-2-8-11(10)9-6-4-3-5-7-9;6-7-4-3-5-1-2-5/h3-7,10-11H,2,8H2,1H3;5-6H,1-4,7H2. The van der Waals surface area contributed by atoms with Crippen molar-refractivity contribution in [3.05, 3.63) is 30.3 Å². The first kappa shape index (κ1) is 15.6. The normalized spacial score (nSPS) is 16.4. The van der Waals surface area contributed by atoms with Crippen molar-refractivity contribution in [2.45, 2.75) is 44.7 Å². The molecule has 2 rings (SSSR count). The highest BCUT2D eigenvalue weighted by Crippen LogP contribution is 2.33. The first-order chi connectivity index (χ1) is 8.77. The van der Waals surface area contributed by atoms with Crippen molar-refractivity contribution in [3.63, 3.8) is 0 Å². The maximum absolute atomic E-state index is 9.66. The second-order valence-corrected chi connectivity index (χ2v) is 8.45. The molecule has 2 N–H and O–H groups in total. The molecule has 1 atom stereocenters. The molecule has 1 aliphatic rings. The Labute approximate surface area is 115 Å². The smallest absolute Gasteiger partial charge is 0.204 e. The molecule has 1 saturated carbocycles. The Kier molecular flexibility index (Phi) is 8.25. The van der Waals surface area contributed by atoms with Crippen molar-refractivity contribution in [3.8, 4) is 0 Å². The second-order valence-electron chi connectivity index (χ2n) is 5.02. The van der Waals surface area contributed by atoms with E-state index in [9.17, 15) is 4.80 Å². The Morgan fingerprint density at radius 3 is 2.44 bits per heavy atom. The van der Waals surface area contributed by atoms with Crippen molar-refractivity contribution in [2.24, 2.45) is 5.92 Å². The zero-order valence-electron chi connectivity index (χ0n) is 11.4. The molecule has 0 saturated heterocycles. The summed E-state index contributed by atoms with van der Waals surface area (Å²) in [6.07, 6.45) is 5.29. The van der Waals surface area contributed by atoms with Crippen molar-refractivity contribution < 1.29 is 9.59 Å². The van der Waals surface area contributed by atoms with Crippen LogP contribution in [0.3, 0.4) is 0 Å². The van der Waals surface area contributed by atoms with Crippen LogP contribution in [0.25, 0.3) is 0 Å². The quantitative estimate of drug-likeness (QED) is 0.772. The molecule has 0 aliphatic heterocycles. The van der Waals surface area contributed by atoms with Gasteiger partial charge in [-0.05, 0) is 23.2 Å². The first-order valence-electron chi connectivity index (χ1n) is 7.11. The Bertz CT molecular complexity index is 302. The summed E-state index contributed by atoms with van der Waals surface area (Å²) in [7, 11) is -2.15. The van der Waals surface area contributed by atoms with E-state index in [1.54, 1.807) is 0 Å². The van der Waals surface area contributed by atoms with Gasteiger partial charge in [0.2, 0.25) is 9.04 Å². The lowest BCUT2D eigenvalue weighted by Crippen LogP contribution is -2.28. The Hall–Kier alpha value is -0.426. The van der Waals surface area contributed by atoms with Crippen LogP contribution >= 0.6 is 0 Å². The van der Waals surface area contributed by atoms with Gasteiger partial charge in [0.05, 0.1) is 0 Å². The highest BCUT2D eigenvalue weighted by atomic mass is 28.3. The maximum atomic E-state index is 9.66. The Morgan fingerprint density at radius 2 is 1.94 bits per heavy atom. The summed E-state index contributed by atoms with van der Waals surface area (Å²) in [6.45, 7) is 2.11. The molecule has 1 aliphatic carbocycles. The highest BCUT2D eigenvalue weighted by Gasteiger charge is 2.19. The van der Waals surface area contributed by atoms with Crippen molar-refractivity contribution in [1.29, 1.82) is 0 Å². The summed E-state index contributed by atoms with van der Waals surface area (Å²) in [6, 6.07) is 12.1. The third kappa shape index (κ3) is 7.11. The molecule has 2 nitrogen and oxygen atoms in total. The van der Waals surface area contributed by atoms with Gasteiger partial charge >= 0.3 is 0 Å². The van der Waals surface area contributed by atoms with Gasteiger partial charge in [-0.1, -0.05) is 62.9 Å². The molecular weight excluding hydrogens is 256 g/mol. The topological polar surface area (TPSA) is 40.5 Å². The summed E-state index contributed by atoms with van der Waals surface area (Å²) in [4.78, 5) is 18.1. The minimum Gasteiger partial charge on any atom is -0.438 e. The van der Waals surface area contributed by atoms with E-state index in [1.165, 1.54) is 19.3 Å². The van der Waals surface area contributed by atoms with E-state index >= 15 is 0 Å². The predicted octanol–water partition coefficient (Wildman–Crippen LogP) is 1.30. The molecule has 102 valence electrons. The van der Waals surface area contributed by atoms with Crippen LogP contribution < -0.4 is 5.19 Å². The highest BCUT2D eigenvalue weighted by molar-refractivity contribution is 6.66. The average molecular weight is 283 g/mol. The van der Waals surface area contributed by atoms with Crippen LogP contribution in [0.5, 0.6) is 0 Å². The second kappa shape index (κ2) is 9.50. The molecular formula is C14H26O2Si2. The summed E-state index contributed by atoms with van der Waals surface area (Å²) < 4.78 is 0. The SMILES string of the molecule is CCC[SiH](O)c1ccccc1.O[SiH2]CCC1CC1. The van der Waals surface area contributed by atoms with E-state index in [2.05, 4.69) is 6.92 Å². The lowest BCUT2D eigenvalue weighted by atomic mass is 10.3. The van der Waals surface area contributed by atoms with Gasteiger partial charge in [-0.3, -0.25) is 0 Å². The van der Waals surface area contributed by atoms with E-state index in [1.807, 2.05) is 30.3 Å². The molecule has 0 heterocycles. The largest absolute Gasteiger partial charge is 0.438 e. The van der Waals surface area contributed by atoms with Crippen LogP contribution in [0.4, 0.5) is 0 Å². The number of hydrogen-bond donors (Lipinski definition) is 2. The average Bonchev–Trinajstić information content (AvgIpc) is 3.22. The van der Waals surface area contributed by atoms with Gasteiger partial charge in [0, 0.05) is 0 Å². The van der Waals surface area contributed by atoms with Gasteiger partial charge in [0.1, 0.15) is 0 Å². The van der Waals surface area contributed by atoms with Gasteiger partial charge in [-0.25, -0.2) is 0 Å². The van der Waals surface area contributed by atoms with Crippen LogP contribution in [0, 0.1) is 5.92 Å². The zero-order chi connectivity index (χ0) is 13.2. The molecule has 1 aromatic rings. The van der Waals surface area contributed by atoms with E-state index < -0.39 is 18.8 Å². The molecule has 18 heavy (non-hydrogen) atoms. The van der Waals surface area contributed by atoms with E-state index in [-0.39, 0.29) is 0 Å². The van der Waals surface area contributed by atoms with Gasteiger partial charge in [-0.2, -0.15) is 0 Å². The van der Waals surface area contributed by atoms with Gasteiger partial charge in [0.25, 0.3) is 0 Å². The first-order valence-corrected chi connectivity index (χ1v) is 10.7. The summed E-state index contributed by atoms with van der Waals surface area (Å²) >= 11 is 0. The fourth-order valence-corrected chi connectivity index (χ4v) is 4.21. The van der Waals surface area contributed by atoms with Gasteiger partial charge in [0.15, 0.2) is 9.76 Å². The molecule has 1 fully saturated rings. The van der Waals surface area contributed by atoms with Gasteiger partial charge in [-0.15, -0.1) is 0 Å².